The minimum Gasteiger partial charge on any atom is -0.465 e. The summed E-state index contributed by atoms with van der Waals surface area (Å²) in [5.41, 5.74) is 4.72. The summed E-state index contributed by atoms with van der Waals surface area (Å²) in [6, 6.07) is 15.0. The van der Waals surface area contributed by atoms with Gasteiger partial charge in [-0.1, -0.05) is 25.1 Å². The summed E-state index contributed by atoms with van der Waals surface area (Å²) < 4.78 is 4.71. The summed E-state index contributed by atoms with van der Waals surface area (Å²) in [5, 5.41) is 6.54. The van der Waals surface area contributed by atoms with Gasteiger partial charge in [-0.15, -0.1) is 0 Å². The summed E-state index contributed by atoms with van der Waals surface area (Å²) in [5.74, 6) is 0.820. The van der Waals surface area contributed by atoms with Crippen molar-refractivity contribution >= 4 is 29.1 Å². The van der Waals surface area contributed by atoms with E-state index in [0.717, 1.165) is 23.4 Å². The first-order valence-electron chi connectivity index (χ1n) is 8.74. The number of nitrogens with zero attached hydrogens (tertiary/aromatic N) is 2. The van der Waals surface area contributed by atoms with Crippen LogP contribution >= 0.6 is 0 Å². The molecule has 6 heteroatoms. The number of carbonyl (C=O) groups excluding carboxylic acids is 1. The number of ether oxygens (including phenoxy) is 1. The molecule has 0 aliphatic carbocycles. The van der Waals surface area contributed by atoms with Gasteiger partial charge in [0.1, 0.15) is 5.82 Å². The maximum absolute atomic E-state index is 11.5. The number of benzene rings is 2. The van der Waals surface area contributed by atoms with Crippen molar-refractivity contribution in [1.29, 1.82) is 0 Å². The Morgan fingerprint density at radius 1 is 1.07 bits per heavy atom. The summed E-state index contributed by atoms with van der Waals surface area (Å²) in [4.78, 5) is 20.4. The van der Waals surface area contributed by atoms with Crippen LogP contribution in [0.1, 0.15) is 28.4 Å². The van der Waals surface area contributed by atoms with E-state index >= 15 is 0 Å². The molecule has 1 heterocycles. The van der Waals surface area contributed by atoms with Crippen LogP contribution < -0.4 is 10.6 Å². The number of aromatic nitrogens is 2. The van der Waals surface area contributed by atoms with E-state index in [1.54, 1.807) is 36.5 Å². The first-order valence-corrected chi connectivity index (χ1v) is 8.74. The highest BCUT2D eigenvalue weighted by atomic mass is 16.5. The molecule has 0 saturated heterocycles. The third-order valence-electron chi connectivity index (χ3n) is 4.21. The molecule has 0 spiro atoms. The molecule has 0 aliphatic heterocycles. The predicted octanol–water partition coefficient (Wildman–Crippen LogP) is 4.62. The Bertz CT molecular complexity index is 939. The van der Waals surface area contributed by atoms with Crippen molar-refractivity contribution in [3.63, 3.8) is 0 Å². The molecule has 0 radical (unpaired) electrons. The lowest BCUT2D eigenvalue weighted by molar-refractivity contribution is 0.0601. The number of nitrogens with one attached hydrogen (secondary N) is 2. The third kappa shape index (κ3) is 4.41. The zero-order valence-electron chi connectivity index (χ0n) is 15.6. The molecule has 0 fully saturated rings. The van der Waals surface area contributed by atoms with Crippen LogP contribution in [0.25, 0.3) is 0 Å². The molecule has 0 bridgehead atoms. The van der Waals surface area contributed by atoms with E-state index in [-0.39, 0.29) is 5.97 Å². The molecular formula is C21H22N4O2. The van der Waals surface area contributed by atoms with Crippen LogP contribution in [0.2, 0.25) is 0 Å². The first kappa shape index (κ1) is 18.4. The van der Waals surface area contributed by atoms with Crippen molar-refractivity contribution < 1.29 is 9.53 Å². The standard InChI is InChI=1S/C21H22N4O2/c1-4-15-7-5-6-14(2)19(15)25-21-22-13-12-18(24-21)23-17-10-8-16(9-11-17)20(26)27-3/h5-13H,4H2,1-3H3,(H2,22,23,24,25). The highest BCUT2D eigenvalue weighted by Crippen LogP contribution is 2.24. The summed E-state index contributed by atoms with van der Waals surface area (Å²) in [6.45, 7) is 4.18. The molecule has 3 aromatic rings. The van der Waals surface area contributed by atoms with Crippen LogP contribution in [-0.4, -0.2) is 23.0 Å². The number of methoxy groups -OCH3 is 1. The van der Waals surface area contributed by atoms with Gasteiger partial charge in [-0.2, -0.15) is 4.98 Å². The molecule has 6 nitrogen and oxygen atoms in total. The van der Waals surface area contributed by atoms with Crippen LogP contribution in [0.5, 0.6) is 0 Å². The number of hydrogen-bond donors (Lipinski definition) is 2. The van der Waals surface area contributed by atoms with Crippen molar-refractivity contribution in [3.8, 4) is 0 Å². The summed E-state index contributed by atoms with van der Waals surface area (Å²) >= 11 is 0. The SMILES string of the molecule is CCc1cccc(C)c1Nc1nccc(Nc2ccc(C(=O)OC)cc2)n1. The van der Waals surface area contributed by atoms with Crippen LogP contribution in [0.15, 0.2) is 54.7 Å². The predicted molar refractivity (Wildman–Crippen MR) is 107 cm³/mol. The zero-order chi connectivity index (χ0) is 19.2. The van der Waals surface area contributed by atoms with Gasteiger partial charge in [0.15, 0.2) is 0 Å². The second-order valence-corrected chi connectivity index (χ2v) is 6.05. The Morgan fingerprint density at radius 3 is 2.56 bits per heavy atom. The molecule has 0 aliphatic rings. The van der Waals surface area contributed by atoms with E-state index < -0.39 is 0 Å². The Kier molecular flexibility index (Phi) is 5.66. The van der Waals surface area contributed by atoms with Crippen LogP contribution in [0, 0.1) is 6.92 Å². The lowest BCUT2D eigenvalue weighted by Gasteiger charge is -2.13. The van der Waals surface area contributed by atoms with Gasteiger partial charge in [-0.3, -0.25) is 0 Å². The number of hydrogen-bond acceptors (Lipinski definition) is 6. The Hall–Kier alpha value is -3.41. The van der Waals surface area contributed by atoms with Crippen LogP contribution in [0.4, 0.5) is 23.1 Å². The molecule has 0 saturated carbocycles. The number of aryl methyl sites for hydroxylation is 2. The van der Waals surface area contributed by atoms with E-state index in [9.17, 15) is 4.79 Å². The van der Waals surface area contributed by atoms with Crippen molar-refractivity contribution in [2.45, 2.75) is 20.3 Å². The zero-order valence-corrected chi connectivity index (χ0v) is 15.6. The smallest absolute Gasteiger partial charge is 0.337 e. The Labute approximate surface area is 158 Å². The van der Waals surface area contributed by atoms with Crippen LogP contribution in [-0.2, 0) is 11.2 Å². The molecule has 0 unspecified atom stereocenters. The highest BCUT2D eigenvalue weighted by molar-refractivity contribution is 5.89. The molecule has 2 N–H and O–H groups in total. The van der Waals surface area contributed by atoms with Gasteiger partial charge in [-0.25, -0.2) is 9.78 Å². The van der Waals surface area contributed by atoms with Gasteiger partial charge in [0, 0.05) is 17.6 Å². The fourth-order valence-electron chi connectivity index (χ4n) is 2.76. The maximum atomic E-state index is 11.5. The second kappa shape index (κ2) is 8.31. The Morgan fingerprint density at radius 2 is 1.85 bits per heavy atom. The van der Waals surface area contributed by atoms with E-state index in [1.807, 2.05) is 0 Å². The molecule has 138 valence electrons. The largest absolute Gasteiger partial charge is 0.465 e. The minimum atomic E-state index is -0.361. The highest BCUT2D eigenvalue weighted by Gasteiger charge is 2.08. The van der Waals surface area contributed by atoms with Gasteiger partial charge in [0.25, 0.3) is 0 Å². The topological polar surface area (TPSA) is 76.1 Å². The molecule has 1 aromatic heterocycles. The first-order chi connectivity index (χ1) is 13.1. The van der Waals surface area contributed by atoms with Crippen molar-refractivity contribution in [1.82, 2.24) is 9.97 Å². The minimum absolute atomic E-state index is 0.361. The molecular weight excluding hydrogens is 340 g/mol. The number of para-hydroxylation sites is 1. The fraction of sp³-hybridized carbons (Fsp3) is 0.190. The molecule has 0 atom stereocenters. The van der Waals surface area contributed by atoms with Crippen molar-refractivity contribution in [3.05, 3.63) is 71.4 Å². The lowest BCUT2D eigenvalue weighted by Crippen LogP contribution is -2.04. The number of carbonyl (C=O) groups is 1. The van der Waals surface area contributed by atoms with E-state index in [2.05, 4.69) is 52.6 Å². The van der Waals surface area contributed by atoms with E-state index in [1.165, 1.54) is 12.7 Å². The van der Waals surface area contributed by atoms with E-state index in [0.29, 0.717) is 17.3 Å². The van der Waals surface area contributed by atoms with Crippen LogP contribution in [0.3, 0.4) is 0 Å². The average molecular weight is 362 g/mol. The van der Waals surface area contributed by atoms with Crippen molar-refractivity contribution in [2.75, 3.05) is 17.7 Å². The average Bonchev–Trinajstić information content (AvgIpc) is 2.70. The molecule has 0 amide bonds. The quantitative estimate of drug-likeness (QED) is 0.623. The number of rotatable bonds is 6. The number of anilines is 4. The monoisotopic (exact) mass is 362 g/mol. The molecule has 27 heavy (non-hydrogen) atoms. The van der Waals surface area contributed by atoms with Gasteiger partial charge < -0.3 is 15.4 Å². The maximum Gasteiger partial charge on any atom is 0.337 e. The number of esters is 1. The van der Waals surface area contributed by atoms with Gasteiger partial charge in [-0.05, 0) is 54.8 Å². The molecule has 2 aromatic carbocycles. The third-order valence-corrected chi connectivity index (χ3v) is 4.21. The Balaban J connectivity index is 1.77. The van der Waals surface area contributed by atoms with E-state index in [4.69, 9.17) is 4.74 Å². The summed E-state index contributed by atoms with van der Waals surface area (Å²) in [6.07, 6.45) is 2.62. The fourth-order valence-corrected chi connectivity index (χ4v) is 2.76. The van der Waals surface area contributed by atoms with Gasteiger partial charge >= 0.3 is 5.97 Å². The van der Waals surface area contributed by atoms with Gasteiger partial charge in [0.2, 0.25) is 5.95 Å². The van der Waals surface area contributed by atoms with Gasteiger partial charge in [0.05, 0.1) is 12.7 Å². The van der Waals surface area contributed by atoms with Crippen molar-refractivity contribution in [2.24, 2.45) is 0 Å². The second-order valence-electron chi connectivity index (χ2n) is 6.05. The normalized spacial score (nSPS) is 10.3. The lowest BCUT2D eigenvalue weighted by atomic mass is 10.1. The summed E-state index contributed by atoms with van der Waals surface area (Å²) in [7, 11) is 1.36. The molecule has 3 rings (SSSR count).